The molecule has 36 heavy (non-hydrogen) atoms. The van der Waals surface area contributed by atoms with Crippen LogP contribution in [0.1, 0.15) is 57.6 Å². The Labute approximate surface area is 210 Å². The standard InChI is InChI=1S/C27H33N3O6/c1-5-35-25(33)20-13-19-18(16-9-8-12-30(15-16)26(34)36-27(2,3)4)14-21(28-23(19)29-24(20)32)17-10-6-7-11-22(17)31/h6-7,10-11,14,16,20,31H,5,8-9,12-13,15H2,1-4H3,(H,28,29,32). The number of carbonyl (C=O) groups excluding carboxylic acids is 3. The van der Waals surface area contributed by atoms with Gasteiger partial charge in [0.1, 0.15) is 23.1 Å². The monoisotopic (exact) mass is 495 g/mol. The second-order valence-corrected chi connectivity index (χ2v) is 10.2. The number of amides is 2. The Balaban J connectivity index is 1.75. The minimum atomic E-state index is -0.973. The van der Waals surface area contributed by atoms with Gasteiger partial charge in [-0.25, -0.2) is 9.78 Å². The minimum absolute atomic E-state index is 0.0644. The van der Waals surface area contributed by atoms with Crippen LogP contribution in [0.3, 0.4) is 0 Å². The summed E-state index contributed by atoms with van der Waals surface area (Å²) in [6.07, 6.45) is 1.38. The number of para-hydroxylation sites is 1. The third-order valence-electron chi connectivity index (χ3n) is 6.39. The highest BCUT2D eigenvalue weighted by atomic mass is 16.6. The molecule has 2 amide bonds. The zero-order chi connectivity index (χ0) is 26.0. The third-order valence-corrected chi connectivity index (χ3v) is 6.39. The van der Waals surface area contributed by atoms with Gasteiger partial charge < -0.3 is 24.8 Å². The summed E-state index contributed by atoms with van der Waals surface area (Å²) >= 11 is 0. The van der Waals surface area contributed by atoms with Crippen LogP contribution >= 0.6 is 0 Å². The van der Waals surface area contributed by atoms with Gasteiger partial charge in [-0.05, 0) is 76.3 Å². The predicted molar refractivity (Wildman–Crippen MR) is 134 cm³/mol. The van der Waals surface area contributed by atoms with Gasteiger partial charge in [-0.1, -0.05) is 12.1 Å². The average molecular weight is 496 g/mol. The number of ether oxygens (including phenoxy) is 2. The van der Waals surface area contributed by atoms with Gasteiger partial charge in [-0.15, -0.1) is 0 Å². The highest BCUT2D eigenvalue weighted by Crippen LogP contribution is 2.40. The molecule has 2 atom stereocenters. The van der Waals surface area contributed by atoms with Crippen molar-refractivity contribution >= 4 is 23.8 Å². The summed E-state index contributed by atoms with van der Waals surface area (Å²) in [5, 5.41) is 13.2. The number of esters is 1. The Bertz CT molecular complexity index is 1170. The minimum Gasteiger partial charge on any atom is -0.507 e. The van der Waals surface area contributed by atoms with Crippen LogP contribution in [-0.2, 0) is 25.5 Å². The number of likely N-dealkylation sites (tertiary alicyclic amines) is 1. The lowest BCUT2D eigenvalue weighted by Crippen LogP contribution is -2.43. The van der Waals surface area contributed by atoms with Gasteiger partial charge in [0.2, 0.25) is 5.91 Å². The van der Waals surface area contributed by atoms with Gasteiger partial charge in [0.15, 0.2) is 0 Å². The highest BCUT2D eigenvalue weighted by molar-refractivity contribution is 6.07. The lowest BCUT2D eigenvalue weighted by molar-refractivity contribution is -0.151. The van der Waals surface area contributed by atoms with Crippen molar-refractivity contribution in [2.45, 2.75) is 58.5 Å². The summed E-state index contributed by atoms with van der Waals surface area (Å²) in [6.45, 7) is 8.41. The molecule has 0 aliphatic carbocycles. The molecule has 1 saturated heterocycles. The smallest absolute Gasteiger partial charge is 0.410 e. The van der Waals surface area contributed by atoms with Crippen molar-refractivity contribution in [1.29, 1.82) is 0 Å². The quantitative estimate of drug-likeness (QED) is 0.481. The van der Waals surface area contributed by atoms with E-state index >= 15 is 0 Å². The van der Waals surface area contributed by atoms with Crippen molar-refractivity contribution in [3.05, 3.63) is 41.5 Å². The molecule has 1 fully saturated rings. The van der Waals surface area contributed by atoms with Gasteiger partial charge in [0.05, 0.1) is 12.3 Å². The summed E-state index contributed by atoms with van der Waals surface area (Å²) in [7, 11) is 0. The maximum absolute atomic E-state index is 12.8. The van der Waals surface area contributed by atoms with Crippen LogP contribution in [0.25, 0.3) is 11.3 Å². The average Bonchev–Trinajstić information content (AvgIpc) is 2.82. The number of piperidine rings is 1. The molecular weight excluding hydrogens is 462 g/mol. The molecule has 3 heterocycles. The first-order chi connectivity index (χ1) is 17.1. The van der Waals surface area contributed by atoms with E-state index in [0.717, 1.165) is 24.0 Å². The number of nitrogens with one attached hydrogen (secondary N) is 1. The Hall–Kier alpha value is -3.62. The van der Waals surface area contributed by atoms with Crippen LogP contribution in [0, 0.1) is 5.92 Å². The first kappa shape index (κ1) is 25.5. The number of pyridine rings is 1. The number of phenols is 1. The van der Waals surface area contributed by atoms with Gasteiger partial charge in [-0.2, -0.15) is 0 Å². The maximum atomic E-state index is 12.8. The van der Waals surface area contributed by atoms with Gasteiger partial charge in [0.25, 0.3) is 0 Å². The summed E-state index contributed by atoms with van der Waals surface area (Å²) < 4.78 is 10.7. The number of benzene rings is 1. The van der Waals surface area contributed by atoms with Gasteiger partial charge >= 0.3 is 12.1 Å². The number of aromatic nitrogens is 1. The number of aromatic hydroxyl groups is 1. The first-order valence-electron chi connectivity index (χ1n) is 12.3. The van der Waals surface area contributed by atoms with E-state index in [-0.39, 0.29) is 30.8 Å². The normalized spacial score (nSPS) is 19.8. The molecule has 2 aliphatic rings. The number of phenolic OH excluding ortho intramolecular Hbond substituents is 1. The van der Waals surface area contributed by atoms with E-state index in [1.807, 2.05) is 26.8 Å². The molecule has 2 aromatic rings. The summed E-state index contributed by atoms with van der Waals surface area (Å²) in [5.74, 6) is -1.64. The third kappa shape index (κ3) is 5.45. The van der Waals surface area contributed by atoms with Crippen molar-refractivity contribution < 1.29 is 29.0 Å². The predicted octanol–water partition coefficient (Wildman–Crippen LogP) is 4.24. The second kappa shape index (κ2) is 10.2. The summed E-state index contributed by atoms with van der Waals surface area (Å²) in [5.41, 5.74) is 2.08. The Kier molecular flexibility index (Phi) is 7.19. The molecule has 9 nitrogen and oxygen atoms in total. The lowest BCUT2D eigenvalue weighted by Gasteiger charge is -2.36. The number of anilines is 1. The van der Waals surface area contributed by atoms with Gasteiger partial charge in [0, 0.05) is 24.6 Å². The number of carbonyl (C=O) groups is 3. The number of rotatable bonds is 4. The maximum Gasteiger partial charge on any atom is 0.410 e. The molecule has 0 bridgehead atoms. The van der Waals surface area contributed by atoms with Crippen LogP contribution in [0.15, 0.2) is 30.3 Å². The van der Waals surface area contributed by atoms with E-state index in [9.17, 15) is 19.5 Å². The van der Waals surface area contributed by atoms with Crippen molar-refractivity contribution in [2.75, 3.05) is 25.0 Å². The van der Waals surface area contributed by atoms with Crippen LogP contribution in [0.2, 0.25) is 0 Å². The summed E-state index contributed by atoms with van der Waals surface area (Å²) in [6, 6.07) is 8.76. The van der Waals surface area contributed by atoms with Crippen LogP contribution in [-0.4, -0.2) is 58.3 Å². The van der Waals surface area contributed by atoms with E-state index in [2.05, 4.69) is 10.3 Å². The molecule has 2 unspecified atom stereocenters. The topological polar surface area (TPSA) is 118 Å². The number of fused-ring (bicyclic) bond motifs is 1. The van der Waals surface area contributed by atoms with Crippen molar-refractivity contribution in [2.24, 2.45) is 5.92 Å². The molecule has 2 N–H and O–H groups in total. The molecule has 0 radical (unpaired) electrons. The van der Waals surface area contributed by atoms with E-state index in [1.54, 1.807) is 36.1 Å². The number of hydrogen-bond donors (Lipinski definition) is 2. The fourth-order valence-corrected chi connectivity index (χ4v) is 4.76. The molecule has 1 aromatic carbocycles. The molecular formula is C27H33N3O6. The van der Waals surface area contributed by atoms with E-state index < -0.39 is 23.4 Å². The molecule has 0 spiro atoms. The fourth-order valence-electron chi connectivity index (χ4n) is 4.76. The Morgan fingerprint density at radius 2 is 2.00 bits per heavy atom. The van der Waals surface area contributed by atoms with E-state index in [4.69, 9.17) is 9.47 Å². The lowest BCUT2D eigenvalue weighted by atomic mass is 9.82. The SMILES string of the molecule is CCOC(=O)C1Cc2c(C3CCCN(C(=O)OC(C)(C)C)C3)cc(-c3ccccc3O)nc2NC1=O. The van der Waals surface area contributed by atoms with Gasteiger partial charge in [-0.3, -0.25) is 9.59 Å². The van der Waals surface area contributed by atoms with Crippen LogP contribution in [0.5, 0.6) is 5.75 Å². The van der Waals surface area contributed by atoms with E-state index in [1.165, 1.54) is 0 Å². The molecule has 2 aliphatic heterocycles. The molecule has 4 rings (SSSR count). The Morgan fingerprint density at radius 3 is 2.69 bits per heavy atom. The largest absolute Gasteiger partial charge is 0.507 e. The number of hydrogen-bond acceptors (Lipinski definition) is 7. The second-order valence-electron chi connectivity index (χ2n) is 10.2. The molecule has 1 aromatic heterocycles. The first-order valence-corrected chi connectivity index (χ1v) is 12.3. The van der Waals surface area contributed by atoms with Crippen molar-refractivity contribution in [3.8, 4) is 17.0 Å². The van der Waals surface area contributed by atoms with Crippen molar-refractivity contribution in [3.63, 3.8) is 0 Å². The molecule has 0 saturated carbocycles. The van der Waals surface area contributed by atoms with Crippen LogP contribution < -0.4 is 5.32 Å². The Morgan fingerprint density at radius 1 is 1.25 bits per heavy atom. The zero-order valence-electron chi connectivity index (χ0n) is 21.2. The van der Waals surface area contributed by atoms with Crippen molar-refractivity contribution in [1.82, 2.24) is 9.88 Å². The number of nitrogens with zero attached hydrogens (tertiary/aromatic N) is 2. The fraction of sp³-hybridized carbons (Fsp3) is 0.481. The highest BCUT2D eigenvalue weighted by Gasteiger charge is 2.38. The van der Waals surface area contributed by atoms with Crippen LogP contribution in [0.4, 0.5) is 10.6 Å². The zero-order valence-corrected chi connectivity index (χ0v) is 21.2. The molecule has 9 heteroatoms. The summed E-state index contributed by atoms with van der Waals surface area (Å²) in [4.78, 5) is 44.4. The van der Waals surface area contributed by atoms with E-state index in [0.29, 0.717) is 30.2 Å². The molecule has 192 valence electrons.